The number of fused-ring (bicyclic) bond motifs is 1. The van der Waals surface area contributed by atoms with Crippen LogP contribution in [0.25, 0.3) is 11.0 Å². The molecule has 0 saturated heterocycles. The van der Waals surface area contributed by atoms with Gasteiger partial charge in [0.25, 0.3) is 0 Å². The summed E-state index contributed by atoms with van der Waals surface area (Å²) in [6.45, 7) is 1.84. The highest BCUT2D eigenvalue weighted by atomic mass is 16.1. The lowest BCUT2D eigenvalue weighted by Crippen LogP contribution is -2.20. The minimum absolute atomic E-state index is 0.147. The van der Waals surface area contributed by atoms with E-state index in [9.17, 15) is 4.79 Å². The monoisotopic (exact) mass is 371 g/mol. The number of benzene rings is 3. The van der Waals surface area contributed by atoms with Crippen LogP contribution in [-0.4, -0.2) is 28.5 Å². The molecule has 0 atom stereocenters. The van der Waals surface area contributed by atoms with Crippen LogP contribution < -0.4 is 5.69 Å². The van der Waals surface area contributed by atoms with Crippen molar-refractivity contribution < 1.29 is 0 Å². The maximum absolute atomic E-state index is 11.9. The molecular formula is C24H25N3O. The molecule has 0 fully saturated rings. The van der Waals surface area contributed by atoms with Gasteiger partial charge in [-0.2, -0.15) is 0 Å². The van der Waals surface area contributed by atoms with E-state index in [1.165, 1.54) is 22.3 Å². The molecule has 0 radical (unpaired) electrons. The second kappa shape index (κ2) is 8.28. The van der Waals surface area contributed by atoms with E-state index in [2.05, 4.69) is 82.6 Å². The highest BCUT2D eigenvalue weighted by Gasteiger charge is 2.10. The predicted molar refractivity (Wildman–Crippen MR) is 115 cm³/mol. The van der Waals surface area contributed by atoms with Crippen LogP contribution in [0.5, 0.6) is 0 Å². The normalized spacial score (nSPS) is 11.4. The van der Waals surface area contributed by atoms with Crippen molar-refractivity contribution in [2.24, 2.45) is 0 Å². The highest BCUT2D eigenvalue weighted by molar-refractivity contribution is 5.79. The molecule has 0 saturated carbocycles. The molecule has 0 bridgehead atoms. The number of aromatic nitrogens is 2. The van der Waals surface area contributed by atoms with Crippen molar-refractivity contribution in [3.8, 4) is 0 Å². The number of hydrogen-bond donors (Lipinski definition) is 2. The molecule has 142 valence electrons. The molecule has 0 amide bonds. The minimum atomic E-state index is -0.147. The third-order valence-electron chi connectivity index (χ3n) is 5.08. The molecule has 3 aromatic carbocycles. The second-order valence-corrected chi connectivity index (χ2v) is 7.39. The van der Waals surface area contributed by atoms with Crippen LogP contribution in [-0.2, 0) is 19.4 Å². The number of nitrogens with zero attached hydrogens (tertiary/aromatic N) is 1. The first-order valence-corrected chi connectivity index (χ1v) is 9.67. The summed E-state index contributed by atoms with van der Waals surface area (Å²) in [6, 6.07) is 25.2. The molecule has 4 aromatic rings. The number of likely N-dealkylation sites (N-methyl/N-ethyl adjacent to an activating group) is 1. The largest absolute Gasteiger partial charge is 0.323 e. The lowest BCUT2D eigenvalue weighted by Gasteiger charge is -2.17. The van der Waals surface area contributed by atoms with E-state index in [1.54, 1.807) is 0 Å². The smallest absolute Gasteiger partial charge is 0.306 e. The van der Waals surface area contributed by atoms with Gasteiger partial charge in [-0.05, 0) is 48.2 Å². The summed E-state index contributed by atoms with van der Waals surface area (Å²) in [5.41, 5.74) is 6.64. The van der Waals surface area contributed by atoms with Crippen LogP contribution in [0.15, 0.2) is 77.6 Å². The first-order chi connectivity index (χ1) is 13.7. The maximum Gasteiger partial charge on any atom is 0.323 e. The summed E-state index contributed by atoms with van der Waals surface area (Å²) < 4.78 is 0. The van der Waals surface area contributed by atoms with Gasteiger partial charge in [-0.15, -0.1) is 0 Å². The van der Waals surface area contributed by atoms with E-state index >= 15 is 0 Å². The van der Waals surface area contributed by atoms with Crippen molar-refractivity contribution >= 4 is 11.0 Å². The molecule has 0 spiro atoms. The zero-order chi connectivity index (χ0) is 19.3. The Balaban J connectivity index is 1.54. The van der Waals surface area contributed by atoms with Gasteiger partial charge < -0.3 is 14.9 Å². The number of nitrogens with one attached hydrogen (secondary N) is 2. The van der Waals surface area contributed by atoms with E-state index in [-0.39, 0.29) is 5.69 Å². The van der Waals surface area contributed by atoms with Crippen LogP contribution in [0.3, 0.4) is 0 Å². The van der Waals surface area contributed by atoms with Gasteiger partial charge in [-0.1, -0.05) is 66.7 Å². The van der Waals surface area contributed by atoms with Crippen molar-refractivity contribution in [2.75, 3.05) is 13.6 Å². The molecule has 0 unspecified atom stereocenters. The molecule has 1 aromatic heterocycles. The van der Waals surface area contributed by atoms with Crippen molar-refractivity contribution in [1.29, 1.82) is 0 Å². The van der Waals surface area contributed by atoms with Crippen LogP contribution in [0, 0.1) is 0 Å². The SMILES string of the molecule is CN(CCc1cc(Cc2ccccc2)cc2[nH]c(=O)[nH]c12)Cc1ccccc1. The number of H-pyrrole nitrogens is 2. The van der Waals surface area contributed by atoms with Crippen molar-refractivity contribution in [3.05, 3.63) is 106 Å². The summed E-state index contributed by atoms with van der Waals surface area (Å²) in [5, 5.41) is 0. The fourth-order valence-electron chi connectivity index (χ4n) is 3.70. The fraction of sp³-hybridized carbons (Fsp3) is 0.208. The molecular weight excluding hydrogens is 346 g/mol. The first kappa shape index (κ1) is 18.3. The fourth-order valence-corrected chi connectivity index (χ4v) is 3.70. The van der Waals surface area contributed by atoms with E-state index < -0.39 is 0 Å². The summed E-state index contributed by atoms with van der Waals surface area (Å²) in [5.74, 6) is 0. The topological polar surface area (TPSA) is 51.9 Å². The van der Waals surface area contributed by atoms with Gasteiger partial charge in [-0.3, -0.25) is 0 Å². The quantitative estimate of drug-likeness (QED) is 0.513. The Hall–Kier alpha value is -3.11. The Morgan fingerprint density at radius 1 is 0.821 bits per heavy atom. The van der Waals surface area contributed by atoms with Crippen molar-refractivity contribution in [1.82, 2.24) is 14.9 Å². The average Bonchev–Trinajstić information content (AvgIpc) is 3.08. The Morgan fingerprint density at radius 3 is 2.21 bits per heavy atom. The number of rotatable bonds is 7. The van der Waals surface area contributed by atoms with Gasteiger partial charge in [0, 0.05) is 13.1 Å². The van der Waals surface area contributed by atoms with Gasteiger partial charge in [0.1, 0.15) is 0 Å². The Morgan fingerprint density at radius 2 is 1.50 bits per heavy atom. The van der Waals surface area contributed by atoms with E-state index in [4.69, 9.17) is 0 Å². The third-order valence-corrected chi connectivity index (χ3v) is 5.08. The van der Waals surface area contributed by atoms with Gasteiger partial charge in [0.05, 0.1) is 11.0 Å². The molecule has 2 N–H and O–H groups in total. The zero-order valence-electron chi connectivity index (χ0n) is 16.1. The summed E-state index contributed by atoms with van der Waals surface area (Å²) in [4.78, 5) is 20.1. The van der Waals surface area contributed by atoms with Gasteiger partial charge in [0.15, 0.2) is 0 Å². The van der Waals surface area contributed by atoms with Crippen LogP contribution in [0.1, 0.15) is 22.3 Å². The molecule has 0 aliphatic carbocycles. The summed E-state index contributed by atoms with van der Waals surface area (Å²) in [7, 11) is 2.14. The maximum atomic E-state index is 11.9. The van der Waals surface area contributed by atoms with E-state index in [0.717, 1.165) is 37.0 Å². The van der Waals surface area contributed by atoms with Gasteiger partial charge in [0.2, 0.25) is 0 Å². The summed E-state index contributed by atoms with van der Waals surface area (Å²) >= 11 is 0. The zero-order valence-corrected chi connectivity index (χ0v) is 16.1. The van der Waals surface area contributed by atoms with Crippen LogP contribution >= 0.6 is 0 Å². The molecule has 28 heavy (non-hydrogen) atoms. The average molecular weight is 371 g/mol. The number of imidazole rings is 1. The van der Waals surface area contributed by atoms with Crippen molar-refractivity contribution in [3.63, 3.8) is 0 Å². The lowest BCUT2D eigenvalue weighted by atomic mass is 10.00. The van der Waals surface area contributed by atoms with Crippen molar-refractivity contribution in [2.45, 2.75) is 19.4 Å². The molecule has 0 aliphatic rings. The number of hydrogen-bond acceptors (Lipinski definition) is 2. The molecule has 4 nitrogen and oxygen atoms in total. The third kappa shape index (κ3) is 4.41. The molecule has 0 aliphatic heterocycles. The minimum Gasteiger partial charge on any atom is -0.306 e. The van der Waals surface area contributed by atoms with Gasteiger partial charge in [-0.25, -0.2) is 4.79 Å². The highest BCUT2D eigenvalue weighted by Crippen LogP contribution is 2.20. The van der Waals surface area contributed by atoms with Gasteiger partial charge >= 0.3 is 5.69 Å². The Kier molecular flexibility index (Phi) is 5.40. The first-order valence-electron chi connectivity index (χ1n) is 9.67. The molecule has 4 heteroatoms. The standard InChI is InChI=1S/C24H25N3O/c1-27(17-19-10-6-3-7-11-19)13-12-21-15-20(14-18-8-4-2-5-9-18)16-22-23(21)26-24(28)25-22/h2-11,15-16H,12-14,17H2,1H3,(H2,25,26,28). The predicted octanol–water partition coefficient (Wildman–Crippen LogP) is 4.12. The van der Waals surface area contributed by atoms with Crippen LogP contribution in [0.2, 0.25) is 0 Å². The second-order valence-electron chi connectivity index (χ2n) is 7.39. The molecule has 4 rings (SSSR count). The lowest BCUT2D eigenvalue weighted by molar-refractivity contribution is 0.331. The van der Waals surface area contributed by atoms with E-state index in [1.807, 2.05) is 12.1 Å². The molecule has 1 heterocycles. The van der Waals surface area contributed by atoms with E-state index in [0.29, 0.717) is 0 Å². The summed E-state index contributed by atoms with van der Waals surface area (Å²) in [6.07, 6.45) is 1.74. The Labute approximate surface area is 164 Å². The number of aromatic amines is 2. The Bertz CT molecular complexity index is 1100. The van der Waals surface area contributed by atoms with Crippen LogP contribution in [0.4, 0.5) is 0 Å².